The largest absolute Gasteiger partial charge is 0.493 e. The van der Waals surface area contributed by atoms with Gasteiger partial charge in [-0.05, 0) is 42.9 Å². The standard InChI is InChI=1S/C22H31F3N2O4/c1-15(2)12-21(29)27-10-8-17(9-11-27)26-20(28)7-5-16-4-6-18(19(13-16)30-3)31-14-22(23,24)25/h4,6,13,15,17H,5,7-12,14H2,1-3H3,(H,26,28). The lowest BCUT2D eigenvalue weighted by molar-refractivity contribution is -0.153. The van der Waals surface area contributed by atoms with E-state index in [1.54, 1.807) is 12.1 Å². The number of nitrogens with one attached hydrogen (secondary N) is 1. The number of benzene rings is 1. The van der Waals surface area contributed by atoms with Crippen molar-refractivity contribution in [2.24, 2.45) is 5.92 Å². The van der Waals surface area contributed by atoms with Gasteiger partial charge in [-0.2, -0.15) is 13.2 Å². The summed E-state index contributed by atoms with van der Waals surface area (Å²) in [6.07, 6.45) is -1.75. The molecule has 1 aliphatic heterocycles. The van der Waals surface area contributed by atoms with Crippen LogP contribution >= 0.6 is 0 Å². The maximum absolute atomic E-state index is 12.3. The number of rotatable bonds is 9. The summed E-state index contributed by atoms with van der Waals surface area (Å²) >= 11 is 0. The maximum atomic E-state index is 12.3. The molecule has 1 aliphatic rings. The lowest BCUT2D eigenvalue weighted by Gasteiger charge is -2.33. The quantitative estimate of drug-likeness (QED) is 0.630. The van der Waals surface area contributed by atoms with E-state index in [9.17, 15) is 22.8 Å². The third-order valence-corrected chi connectivity index (χ3v) is 5.06. The third kappa shape index (κ3) is 8.67. The highest BCUT2D eigenvalue weighted by molar-refractivity contribution is 5.77. The molecular formula is C22H31F3N2O4. The molecule has 1 N–H and O–H groups in total. The highest BCUT2D eigenvalue weighted by atomic mass is 19.4. The zero-order valence-electron chi connectivity index (χ0n) is 18.3. The Morgan fingerprint density at radius 2 is 1.87 bits per heavy atom. The fourth-order valence-electron chi connectivity index (χ4n) is 3.46. The second kappa shape index (κ2) is 11.2. The number of piperidine rings is 1. The van der Waals surface area contributed by atoms with E-state index in [1.807, 2.05) is 18.7 Å². The number of methoxy groups -OCH3 is 1. The van der Waals surface area contributed by atoms with Gasteiger partial charge in [0.15, 0.2) is 18.1 Å². The van der Waals surface area contributed by atoms with Gasteiger partial charge in [0.05, 0.1) is 7.11 Å². The predicted molar refractivity (Wildman–Crippen MR) is 110 cm³/mol. The summed E-state index contributed by atoms with van der Waals surface area (Å²) < 4.78 is 46.9. The van der Waals surface area contributed by atoms with Crippen molar-refractivity contribution in [1.29, 1.82) is 0 Å². The summed E-state index contributed by atoms with van der Waals surface area (Å²) in [6.45, 7) is 3.93. The first kappa shape index (κ1) is 24.8. The molecule has 0 spiro atoms. The van der Waals surface area contributed by atoms with E-state index >= 15 is 0 Å². The average molecular weight is 444 g/mol. The average Bonchev–Trinajstić information content (AvgIpc) is 2.70. The SMILES string of the molecule is COc1cc(CCC(=O)NC2CCN(C(=O)CC(C)C)CC2)ccc1OCC(F)(F)F. The number of halogens is 3. The van der Waals surface area contributed by atoms with E-state index in [4.69, 9.17) is 9.47 Å². The normalized spacial score (nSPS) is 15.1. The molecule has 0 radical (unpaired) electrons. The molecule has 1 aromatic rings. The molecule has 0 atom stereocenters. The van der Waals surface area contributed by atoms with Gasteiger partial charge in [-0.3, -0.25) is 9.59 Å². The molecule has 1 fully saturated rings. The van der Waals surface area contributed by atoms with Crippen LogP contribution in [0.15, 0.2) is 18.2 Å². The molecule has 0 aromatic heterocycles. The molecule has 0 bridgehead atoms. The summed E-state index contributed by atoms with van der Waals surface area (Å²) in [7, 11) is 1.35. The number of aryl methyl sites for hydroxylation is 1. The predicted octanol–water partition coefficient (Wildman–Crippen LogP) is 3.72. The zero-order valence-corrected chi connectivity index (χ0v) is 18.3. The molecule has 174 valence electrons. The Morgan fingerprint density at radius 3 is 2.45 bits per heavy atom. The minimum Gasteiger partial charge on any atom is -0.493 e. The van der Waals surface area contributed by atoms with Crippen molar-refractivity contribution >= 4 is 11.8 Å². The van der Waals surface area contributed by atoms with Gasteiger partial charge in [0.2, 0.25) is 11.8 Å². The lowest BCUT2D eigenvalue weighted by Crippen LogP contribution is -2.46. The van der Waals surface area contributed by atoms with Gasteiger partial charge in [0, 0.05) is 32.0 Å². The van der Waals surface area contributed by atoms with Gasteiger partial charge in [-0.1, -0.05) is 19.9 Å². The summed E-state index contributed by atoms with van der Waals surface area (Å²) in [5, 5.41) is 3.01. The molecule has 0 saturated carbocycles. The van der Waals surface area contributed by atoms with Crippen LogP contribution in [0.1, 0.15) is 45.1 Å². The molecule has 1 saturated heterocycles. The van der Waals surface area contributed by atoms with Gasteiger partial charge < -0.3 is 19.7 Å². The number of nitrogens with zero attached hydrogens (tertiary/aromatic N) is 1. The van der Waals surface area contributed by atoms with Crippen LogP contribution in [0, 0.1) is 5.92 Å². The Bertz CT molecular complexity index is 745. The Balaban J connectivity index is 1.78. The Hall–Kier alpha value is -2.45. The summed E-state index contributed by atoms with van der Waals surface area (Å²) in [5.74, 6) is 0.598. The van der Waals surface area contributed by atoms with Crippen LogP contribution in [-0.2, 0) is 16.0 Å². The van der Waals surface area contributed by atoms with Crippen LogP contribution < -0.4 is 14.8 Å². The van der Waals surface area contributed by atoms with Crippen LogP contribution in [0.25, 0.3) is 0 Å². The van der Waals surface area contributed by atoms with Crippen LogP contribution in [0.4, 0.5) is 13.2 Å². The minimum atomic E-state index is -4.43. The number of carbonyl (C=O) groups excluding carboxylic acids is 2. The summed E-state index contributed by atoms with van der Waals surface area (Å²) in [6, 6.07) is 4.67. The van der Waals surface area contributed by atoms with E-state index in [0.29, 0.717) is 31.8 Å². The number of carbonyl (C=O) groups is 2. The Kier molecular flexibility index (Phi) is 9.00. The highest BCUT2D eigenvalue weighted by Crippen LogP contribution is 2.30. The number of amides is 2. The molecule has 0 aliphatic carbocycles. The minimum absolute atomic E-state index is 0.00630. The van der Waals surface area contributed by atoms with Crippen molar-refractivity contribution in [1.82, 2.24) is 10.2 Å². The molecule has 1 heterocycles. The van der Waals surface area contributed by atoms with E-state index in [1.165, 1.54) is 13.2 Å². The molecule has 6 nitrogen and oxygen atoms in total. The van der Waals surface area contributed by atoms with Gasteiger partial charge in [-0.25, -0.2) is 0 Å². The van der Waals surface area contributed by atoms with Crippen molar-refractivity contribution in [2.75, 3.05) is 26.8 Å². The first-order chi connectivity index (χ1) is 14.6. The molecule has 9 heteroatoms. The number of hydrogen-bond acceptors (Lipinski definition) is 4. The van der Waals surface area contributed by atoms with Crippen molar-refractivity contribution in [3.8, 4) is 11.5 Å². The van der Waals surface area contributed by atoms with Crippen LogP contribution in [0.2, 0.25) is 0 Å². The van der Waals surface area contributed by atoms with E-state index in [-0.39, 0.29) is 35.8 Å². The number of ether oxygens (including phenoxy) is 2. The summed E-state index contributed by atoms with van der Waals surface area (Å²) in [4.78, 5) is 26.3. The van der Waals surface area contributed by atoms with E-state index in [0.717, 1.165) is 18.4 Å². The topological polar surface area (TPSA) is 67.9 Å². The van der Waals surface area contributed by atoms with Crippen molar-refractivity contribution < 1.29 is 32.2 Å². The van der Waals surface area contributed by atoms with Gasteiger partial charge >= 0.3 is 6.18 Å². The van der Waals surface area contributed by atoms with Crippen molar-refractivity contribution in [3.63, 3.8) is 0 Å². The second-order valence-corrected chi connectivity index (χ2v) is 8.21. The monoisotopic (exact) mass is 444 g/mol. The molecule has 2 rings (SSSR count). The van der Waals surface area contributed by atoms with E-state index in [2.05, 4.69) is 5.32 Å². The van der Waals surface area contributed by atoms with Gasteiger partial charge in [0.25, 0.3) is 0 Å². The van der Waals surface area contributed by atoms with Crippen LogP contribution in [0.3, 0.4) is 0 Å². The lowest BCUT2D eigenvalue weighted by atomic mass is 10.0. The fraction of sp³-hybridized carbons (Fsp3) is 0.636. The number of likely N-dealkylation sites (tertiary alicyclic amines) is 1. The first-order valence-electron chi connectivity index (χ1n) is 10.5. The number of hydrogen-bond donors (Lipinski definition) is 1. The highest BCUT2D eigenvalue weighted by Gasteiger charge is 2.29. The Morgan fingerprint density at radius 1 is 1.19 bits per heavy atom. The molecule has 2 amide bonds. The smallest absolute Gasteiger partial charge is 0.422 e. The molecule has 31 heavy (non-hydrogen) atoms. The van der Waals surface area contributed by atoms with Crippen LogP contribution in [-0.4, -0.2) is 55.7 Å². The summed E-state index contributed by atoms with van der Waals surface area (Å²) in [5.41, 5.74) is 0.764. The first-order valence-corrected chi connectivity index (χ1v) is 10.5. The fourth-order valence-corrected chi connectivity index (χ4v) is 3.46. The maximum Gasteiger partial charge on any atom is 0.422 e. The number of alkyl halides is 3. The van der Waals surface area contributed by atoms with Crippen molar-refractivity contribution in [3.05, 3.63) is 23.8 Å². The molecule has 0 unspecified atom stereocenters. The van der Waals surface area contributed by atoms with Crippen molar-refractivity contribution in [2.45, 2.75) is 58.2 Å². The van der Waals surface area contributed by atoms with Crippen LogP contribution in [0.5, 0.6) is 11.5 Å². The van der Waals surface area contributed by atoms with Gasteiger partial charge in [-0.15, -0.1) is 0 Å². The molecular weight excluding hydrogens is 413 g/mol. The third-order valence-electron chi connectivity index (χ3n) is 5.06. The zero-order chi connectivity index (χ0) is 23.0. The van der Waals surface area contributed by atoms with E-state index < -0.39 is 12.8 Å². The second-order valence-electron chi connectivity index (χ2n) is 8.21. The molecule has 1 aromatic carbocycles. The Labute approximate surface area is 181 Å². The van der Waals surface area contributed by atoms with Gasteiger partial charge in [0.1, 0.15) is 0 Å².